The molecule has 2 heteroatoms. The fraction of sp³-hybridized carbons (Fsp3) is 0.647. The van der Waals surface area contributed by atoms with Gasteiger partial charge in [0.25, 0.3) is 0 Å². The highest BCUT2D eigenvalue weighted by molar-refractivity contribution is 5.24. The Balaban J connectivity index is 1.74. The maximum Gasteiger partial charge on any atom is 0.0820 e. The number of hydrogen-bond acceptors (Lipinski definition) is 2. The van der Waals surface area contributed by atoms with Crippen molar-refractivity contribution < 1.29 is 9.84 Å². The van der Waals surface area contributed by atoms with Crippen LogP contribution in [0.15, 0.2) is 24.3 Å². The first-order valence-electron chi connectivity index (χ1n) is 7.57. The Morgan fingerprint density at radius 3 is 2.84 bits per heavy atom. The minimum absolute atomic E-state index is 0.0910. The quantitative estimate of drug-likeness (QED) is 0.877. The lowest BCUT2D eigenvalue weighted by atomic mass is 9.79. The molecule has 1 N–H and O–H groups in total. The van der Waals surface area contributed by atoms with Crippen LogP contribution in [0.4, 0.5) is 0 Å². The van der Waals surface area contributed by atoms with Crippen molar-refractivity contribution in [1.29, 1.82) is 0 Å². The van der Waals surface area contributed by atoms with E-state index in [1.807, 2.05) is 6.07 Å². The van der Waals surface area contributed by atoms with Gasteiger partial charge in [0.2, 0.25) is 0 Å². The summed E-state index contributed by atoms with van der Waals surface area (Å²) in [4.78, 5) is 0. The van der Waals surface area contributed by atoms with Crippen molar-refractivity contribution in [3.05, 3.63) is 35.4 Å². The zero-order valence-electron chi connectivity index (χ0n) is 11.8. The second-order valence-corrected chi connectivity index (χ2v) is 6.35. The number of ether oxygens (including phenoxy) is 1. The Morgan fingerprint density at radius 2 is 2.11 bits per heavy atom. The molecular weight excluding hydrogens is 236 g/mol. The molecule has 2 atom stereocenters. The molecule has 1 aliphatic heterocycles. The van der Waals surface area contributed by atoms with Gasteiger partial charge in [-0.05, 0) is 44.1 Å². The summed E-state index contributed by atoms with van der Waals surface area (Å²) >= 11 is 0. The fourth-order valence-corrected chi connectivity index (χ4v) is 3.83. The molecule has 2 unspecified atom stereocenters. The summed E-state index contributed by atoms with van der Waals surface area (Å²) in [5.41, 5.74) is 2.38. The summed E-state index contributed by atoms with van der Waals surface area (Å²) in [6.45, 7) is 2.90. The van der Waals surface area contributed by atoms with Gasteiger partial charge in [0.1, 0.15) is 0 Å². The van der Waals surface area contributed by atoms with Crippen molar-refractivity contribution in [3.63, 3.8) is 0 Å². The second kappa shape index (κ2) is 5.26. The topological polar surface area (TPSA) is 29.5 Å². The molecule has 1 saturated heterocycles. The van der Waals surface area contributed by atoms with Crippen molar-refractivity contribution in [2.45, 2.75) is 57.2 Å². The van der Waals surface area contributed by atoms with Crippen molar-refractivity contribution in [1.82, 2.24) is 0 Å². The summed E-state index contributed by atoms with van der Waals surface area (Å²) in [6, 6.07) is 8.28. The summed E-state index contributed by atoms with van der Waals surface area (Å²) in [7, 11) is 0. The maximum atomic E-state index is 10.7. The molecule has 3 rings (SSSR count). The van der Waals surface area contributed by atoms with Crippen LogP contribution >= 0.6 is 0 Å². The maximum absolute atomic E-state index is 10.7. The molecule has 1 aromatic rings. The van der Waals surface area contributed by atoms with Gasteiger partial charge in [-0.1, -0.05) is 42.7 Å². The predicted molar refractivity (Wildman–Crippen MR) is 76.0 cm³/mol. The first kappa shape index (κ1) is 13.1. The van der Waals surface area contributed by atoms with Gasteiger partial charge in [-0.15, -0.1) is 0 Å². The number of hydrogen-bond donors (Lipinski definition) is 1. The molecule has 0 radical (unpaired) electrons. The molecule has 2 fully saturated rings. The van der Waals surface area contributed by atoms with E-state index in [0.29, 0.717) is 5.92 Å². The molecule has 0 amide bonds. The van der Waals surface area contributed by atoms with E-state index < -0.39 is 0 Å². The first-order chi connectivity index (χ1) is 9.19. The molecule has 104 valence electrons. The van der Waals surface area contributed by atoms with Crippen molar-refractivity contribution >= 4 is 0 Å². The standard InChI is InChI=1S/C17H24O2/c1-13-5-4-6-14(11-13)16(18)15-7-10-19-17(12-15)8-2-3-9-17/h4-6,11,15-16,18H,2-3,7-10,12H2,1H3. The minimum Gasteiger partial charge on any atom is -0.388 e. The van der Waals surface area contributed by atoms with Gasteiger partial charge < -0.3 is 9.84 Å². The van der Waals surface area contributed by atoms with Crippen LogP contribution in [-0.4, -0.2) is 17.3 Å². The second-order valence-electron chi connectivity index (χ2n) is 6.35. The van der Waals surface area contributed by atoms with E-state index in [0.717, 1.165) is 25.0 Å². The molecule has 2 nitrogen and oxygen atoms in total. The van der Waals surface area contributed by atoms with Crippen LogP contribution in [-0.2, 0) is 4.74 Å². The van der Waals surface area contributed by atoms with Crippen LogP contribution in [0.5, 0.6) is 0 Å². The molecule has 0 aromatic heterocycles. The van der Waals surface area contributed by atoms with Crippen LogP contribution in [0, 0.1) is 12.8 Å². The Hall–Kier alpha value is -0.860. The molecule has 1 aromatic carbocycles. The number of aryl methyl sites for hydroxylation is 1. The highest BCUT2D eigenvalue weighted by atomic mass is 16.5. The number of aliphatic hydroxyl groups is 1. The molecule has 1 aliphatic carbocycles. The van der Waals surface area contributed by atoms with Crippen LogP contribution in [0.3, 0.4) is 0 Å². The van der Waals surface area contributed by atoms with Gasteiger partial charge in [-0.25, -0.2) is 0 Å². The van der Waals surface area contributed by atoms with Crippen LogP contribution in [0.1, 0.15) is 55.8 Å². The SMILES string of the molecule is Cc1cccc(C(O)C2CCOC3(CCCC3)C2)c1. The van der Waals surface area contributed by atoms with Gasteiger partial charge in [0.05, 0.1) is 11.7 Å². The molecule has 1 heterocycles. The van der Waals surface area contributed by atoms with E-state index in [1.165, 1.54) is 31.2 Å². The van der Waals surface area contributed by atoms with E-state index in [9.17, 15) is 5.11 Å². The first-order valence-corrected chi connectivity index (χ1v) is 7.57. The van der Waals surface area contributed by atoms with E-state index in [-0.39, 0.29) is 11.7 Å². The van der Waals surface area contributed by atoms with Gasteiger partial charge in [-0.3, -0.25) is 0 Å². The molecule has 1 saturated carbocycles. The molecule has 1 spiro atoms. The third-order valence-electron chi connectivity index (χ3n) is 4.88. The summed E-state index contributed by atoms with van der Waals surface area (Å²) < 4.78 is 6.06. The monoisotopic (exact) mass is 260 g/mol. The molecule has 19 heavy (non-hydrogen) atoms. The lowest BCUT2D eigenvalue weighted by molar-refractivity contribution is -0.113. The zero-order chi connectivity index (χ0) is 13.3. The normalized spacial score (nSPS) is 27.6. The minimum atomic E-state index is -0.332. The lowest BCUT2D eigenvalue weighted by Gasteiger charge is -2.40. The molecular formula is C17H24O2. The van der Waals surface area contributed by atoms with E-state index >= 15 is 0 Å². The Labute approximate surface area is 115 Å². The molecule has 0 bridgehead atoms. The van der Waals surface area contributed by atoms with Crippen LogP contribution in [0.25, 0.3) is 0 Å². The van der Waals surface area contributed by atoms with Crippen LogP contribution in [0.2, 0.25) is 0 Å². The smallest absolute Gasteiger partial charge is 0.0820 e. The summed E-state index contributed by atoms with van der Waals surface area (Å²) in [5, 5.41) is 10.7. The average Bonchev–Trinajstić information content (AvgIpc) is 2.86. The number of rotatable bonds is 2. The lowest BCUT2D eigenvalue weighted by Crippen LogP contribution is -2.39. The highest BCUT2D eigenvalue weighted by Crippen LogP contribution is 2.45. The van der Waals surface area contributed by atoms with Crippen molar-refractivity contribution in [3.8, 4) is 0 Å². The third-order valence-corrected chi connectivity index (χ3v) is 4.88. The van der Waals surface area contributed by atoms with Crippen molar-refractivity contribution in [2.75, 3.05) is 6.61 Å². The Kier molecular flexibility index (Phi) is 3.64. The van der Waals surface area contributed by atoms with E-state index in [4.69, 9.17) is 4.74 Å². The Morgan fingerprint density at radius 1 is 1.32 bits per heavy atom. The van der Waals surface area contributed by atoms with Gasteiger partial charge >= 0.3 is 0 Å². The van der Waals surface area contributed by atoms with E-state index in [1.54, 1.807) is 0 Å². The largest absolute Gasteiger partial charge is 0.388 e. The third kappa shape index (κ3) is 2.70. The Bertz CT molecular complexity index is 435. The fourth-order valence-electron chi connectivity index (χ4n) is 3.83. The van der Waals surface area contributed by atoms with E-state index in [2.05, 4.69) is 25.1 Å². The highest BCUT2D eigenvalue weighted by Gasteiger charge is 2.41. The molecule has 2 aliphatic rings. The number of aliphatic hydroxyl groups excluding tert-OH is 1. The summed E-state index contributed by atoms with van der Waals surface area (Å²) in [6.07, 6.45) is 6.62. The van der Waals surface area contributed by atoms with Gasteiger partial charge in [0, 0.05) is 6.61 Å². The van der Waals surface area contributed by atoms with Gasteiger partial charge in [0.15, 0.2) is 0 Å². The van der Waals surface area contributed by atoms with Crippen LogP contribution < -0.4 is 0 Å². The summed E-state index contributed by atoms with van der Waals surface area (Å²) in [5.74, 6) is 0.355. The van der Waals surface area contributed by atoms with Gasteiger partial charge in [-0.2, -0.15) is 0 Å². The van der Waals surface area contributed by atoms with Crippen molar-refractivity contribution in [2.24, 2.45) is 5.92 Å². The predicted octanol–water partition coefficient (Wildman–Crippen LogP) is 3.77. The average molecular weight is 260 g/mol. The number of benzene rings is 1. The zero-order valence-corrected chi connectivity index (χ0v) is 11.8.